The summed E-state index contributed by atoms with van der Waals surface area (Å²) in [5.41, 5.74) is 1.52. The maximum Gasteiger partial charge on any atom is 0.249 e. The van der Waals surface area contributed by atoms with Crippen LogP contribution in [0.25, 0.3) is 0 Å². The molecule has 2 N–H and O–H groups in total. The zero-order valence-corrected chi connectivity index (χ0v) is 7.60. The summed E-state index contributed by atoms with van der Waals surface area (Å²) in [6.07, 6.45) is 6.13. The van der Waals surface area contributed by atoms with Crippen molar-refractivity contribution in [3.8, 4) is 0 Å². The van der Waals surface area contributed by atoms with Crippen LogP contribution in [0, 0.1) is 5.41 Å². The van der Waals surface area contributed by atoms with Crippen molar-refractivity contribution >= 4 is 5.91 Å². The number of carbonyl (C=O) groups is 1. The molecular formula is C9H17NO2. The number of amides is 1. The summed E-state index contributed by atoms with van der Waals surface area (Å²) >= 11 is 0. The van der Waals surface area contributed by atoms with Gasteiger partial charge in [-0.05, 0) is 19.3 Å². The molecule has 0 spiro atoms. The van der Waals surface area contributed by atoms with E-state index in [0.29, 0.717) is 0 Å². The molecule has 0 aromatic carbocycles. The highest BCUT2D eigenvalue weighted by atomic mass is 16.5. The minimum absolute atomic E-state index is 0.190. The van der Waals surface area contributed by atoms with E-state index in [0.717, 1.165) is 32.1 Å². The van der Waals surface area contributed by atoms with E-state index in [1.54, 1.807) is 5.48 Å². The number of hydroxylamine groups is 1. The van der Waals surface area contributed by atoms with Gasteiger partial charge in [-0.15, -0.1) is 0 Å². The standard InChI is InChI=1S/C9H17NO2/c1-2-9(8(11)10-12)6-4-3-5-7-9/h12H,2-7H2,1H3,(H,10,11). The summed E-state index contributed by atoms with van der Waals surface area (Å²) in [6, 6.07) is 0. The molecule has 3 heteroatoms. The van der Waals surface area contributed by atoms with Gasteiger partial charge in [-0.25, -0.2) is 5.48 Å². The minimum Gasteiger partial charge on any atom is -0.289 e. The summed E-state index contributed by atoms with van der Waals surface area (Å²) in [5.74, 6) is -0.190. The van der Waals surface area contributed by atoms with Crippen molar-refractivity contribution in [2.75, 3.05) is 0 Å². The van der Waals surface area contributed by atoms with Crippen molar-refractivity contribution < 1.29 is 10.0 Å². The molecule has 0 atom stereocenters. The molecule has 0 saturated heterocycles. The molecule has 3 nitrogen and oxygen atoms in total. The minimum atomic E-state index is -0.271. The van der Waals surface area contributed by atoms with Crippen LogP contribution in [0.3, 0.4) is 0 Å². The third-order valence-electron chi connectivity index (χ3n) is 3.07. The van der Waals surface area contributed by atoms with Gasteiger partial charge in [-0.1, -0.05) is 26.2 Å². The van der Waals surface area contributed by atoms with E-state index < -0.39 is 0 Å². The van der Waals surface area contributed by atoms with Gasteiger partial charge in [0, 0.05) is 0 Å². The van der Waals surface area contributed by atoms with Gasteiger partial charge in [0.1, 0.15) is 0 Å². The Morgan fingerprint density at radius 3 is 2.42 bits per heavy atom. The van der Waals surface area contributed by atoms with Crippen LogP contribution in [-0.4, -0.2) is 11.1 Å². The Labute approximate surface area is 73.1 Å². The fraction of sp³-hybridized carbons (Fsp3) is 0.889. The molecule has 1 saturated carbocycles. The lowest BCUT2D eigenvalue weighted by molar-refractivity contribution is -0.142. The number of carbonyl (C=O) groups excluding carboxylic acids is 1. The van der Waals surface area contributed by atoms with Gasteiger partial charge >= 0.3 is 0 Å². The molecule has 0 unspecified atom stereocenters. The third-order valence-corrected chi connectivity index (χ3v) is 3.07. The number of hydrogen-bond donors (Lipinski definition) is 2. The van der Waals surface area contributed by atoms with Crippen molar-refractivity contribution in [1.82, 2.24) is 5.48 Å². The number of hydrogen-bond acceptors (Lipinski definition) is 2. The number of nitrogens with one attached hydrogen (secondary N) is 1. The fourth-order valence-electron chi connectivity index (χ4n) is 2.09. The zero-order valence-electron chi connectivity index (χ0n) is 7.60. The van der Waals surface area contributed by atoms with Crippen LogP contribution >= 0.6 is 0 Å². The summed E-state index contributed by atoms with van der Waals surface area (Å²) < 4.78 is 0. The first-order valence-corrected chi connectivity index (χ1v) is 4.70. The van der Waals surface area contributed by atoms with Gasteiger partial charge < -0.3 is 0 Å². The predicted molar refractivity (Wildman–Crippen MR) is 45.7 cm³/mol. The van der Waals surface area contributed by atoms with Crippen LogP contribution in [0.2, 0.25) is 0 Å². The van der Waals surface area contributed by atoms with Gasteiger partial charge in [-0.3, -0.25) is 10.0 Å². The molecule has 12 heavy (non-hydrogen) atoms. The molecule has 1 amide bonds. The highest BCUT2D eigenvalue weighted by molar-refractivity contribution is 5.81. The van der Waals surface area contributed by atoms with Crippen molar-refractivity contribution in [3.63, 3.8) is 0 Å². The molecule has 0 bridgehead atoms. The SMILES string of the molecule is CCC1(C(=O)NO)CCCCC1. The molecular weight excluding hydrogens is 154 g/mol. The molecule has 0 radical (unpaired) electrons. The van der Waals surface area contributed by atoms with E-state index in [1.807, 2.05) is 6.92 Å². The van der Waals surface area contributed by atoms with Crippen molar-refractivity contribution in [2.24, 2.45) is 5.41 Å². The lowest BCUT2D eigenvalue weighted by Crippen LogP contribution is -2.40. The molecule has 70 valence electrons. The van der Waals surface area contributed by atoms with Gasteiger partial charge in [0.05, 0.1) is 5.41 Å². The van der Waals surface area contributed by atoms with Crippen molar-refractivity contribution in [1.29, 1.82) is 0 Å². The molecule has 1 rings (SSSR count). The number of rotatable bonds is 2. The smallest absolute Gasteiger partial charge is 0.249 e. The fourth-order valence-corrected chi connectivity index (χ4v) is 2.09. The van der Waals surface area contributed by atoms with Gasteiger partial charge in [-0.2, -0.15) is 0 Å². The van der Waals surface area contributed by atoms with E-state index in [2.05, 4.69) is 0 Å². The van der Waals surface area contributed by atoms with Gasteiger partial charge in [0.15, 0.2) is 0 Å². The average Bonchev–Trinajstić information content (AvgIpc) is 2.17. The maximum absolute atomic E-state index is 11.4. The van der Waals surface area contributed by atoms with Crippen LogP contribution in [-0.2, 0) is 4.79 Å². The molecule has 1 aliphatic carbocycles. The molecule has 0 aromatic heterocycles. The topological polar surface area (TPSA) is 49.3 Å². The molecule has 0 aromatic rings. The Morgan fingerprint density at radius 1 is 1.42 bits per heavy atom. The molecule has 1 fully saturated rings. The largest absolute Gasteiger partial charge is 0.289 e. The molecule has 1 aliphatic rings. The summed E-state index contributed by atoms with van der Waals surface area (Å²) in [4.78, 5) is 11.4. The summed E-state index contributed by atoms with van der Waals surface area (Å²) in [6.45, 7) is 2.01. The van der Waals surface area contributed by atoms with Crippen LogP contribution < -0.4 is 5.48 Å². The van der Waals surface area contributed by atoms with E-state index in [9.17, 15) is 4.79 Å². The van der Waals surface area contributed by atoms with Crippen molar-refractivity contribution in [3.05, 3.63) is 0 Å². The second kappa shape index (κ2) is 3.90. The average molecular weight is 171 g/mol. The van der Waals surface area contributed by atoms with Crippen LogP contribution in [0.5, 0.6) is 0 Å². The van der Waals surface area contributed by atoms with Crippen LogP contribution in [0.1, 0.15) is 45.4 Å². The molecule has 0 heterocycles. The Hall–Kier alpha value is -0.570. The Bertz CT molecular complexity index is 162. The van der Waals surface area contributed by atoms with Gasteiger partial charge in [0.25, 0.3) is 0 Å². The third kappa shape index (κ3) is 1.61. The normalized spacial score (nSPS) is 21.8. The lowest BCUT2D eigenvalue weighted by atomic mass is 9.72. The highest BCUT2D eigenvalue weighted by Crippen LogP contribution is 2.39. The maximum atomic E-state index is 11.4. The Kier molecular flexibility index (Phi) is 3.09. The van der Waals surface area contributed by atoms with E-state index in [-0.39, 0.29) is 11.3 Å². The van der Waals surface area contributed by atoms with E-state index in [4.69, 9.17) is 5.21 Å². The van der Waals surface area contributed by atoms with E-state index >= 15 is 0 Å². The quantitative estimate of drug-likeness (QED) is 0.492. The second-order valence-corrected chi connectivity index (χ2v) is 3.64. The van der Waals surface area contributed by atoms with Crippen molar-refractivity contribution in [2.45, 2.75) is 45.4 Å². The summed E-state index contributed by atoms with van der Waals surface area (Å²) in [7, 11) is 0. The highest BCUT2D eigenvalue weighted by Gasteiger charge is 2.37. The van der Waals surface area contributed by atoms with Gasteiger partial charge in [0.2, 0.25) is 5.91 Å². The monoisotopic (exact) mass is 171 g/mol. The summed E-state index contributed by atoms with van der Waals surface area (Å²) in [5, 5.41) is 8.58. The lowest BCUT2D eigenvalue weighted by Gasteiger charge is -2.33. The predicted octanol–water partition coefficient (Wildman–Crippen LogP) is 1.85. The molecule has 0 aliphatic heterocycles. The Morgan fingerprint density at radius 2 is 2.00 bits per heavy atom. The Balaban J connectivity index is 2.66. The zero-order chi connectivity index (χ0) is 9.03. The van der Waals surface area contributed by atoms with E-state index in [1.165, 1.54) is 6.42 Å². The first-order valence-electron chi connectivity index (χ1n) is 4.70. The first kappa shape index (κ1) is 9.52. The second-order valence-electron chi connectivity index (χ2n) is 3.64. The first-order chi connectivity index (χ1) is 5.75. The van der Waals surface area contributed by atoms with Crippen LogP contribution in [0.15, 0.2) is 0 Å². The van der Waals surface area contributed by atoms with Crippen LogP contribution in [0.4, 0.5) is 0 Å².